The number of amides is 4. The van der Waals surface area contributed by atoms with Gasteiger partial charge in [-0.25, -0.2) is 9.59 Å². The highest BCUT2D eigenvalue weighted by atomic mass is 16.6. The van der Waals surface area contributed by atoms with Crippen LogP contribution in [0.4, 0.5) is 4.79 Å². The number of ether oxygens (including phenoxy) is 2. The van der Waals surface area contributed by atoms with Crippen molar-refractivity contribution in [3.8, 4) is 0 Å². The summed E-state index contributed by atoms with van der Waals surface area (Å²) in [6.45, 7) is 14.1. The Morgan fingerprint density at radius 3 is 2.02 bits per heavy atom. The molecule has 0 spiro atoms. The maximum absolute atomic E-state index is 14.4. The fourth-order valence-electron chi connectivity index (χ4n) is 5.15. The van der Waals surface area contributed by atoms with Gasteiger partial charge in [0.1, 0.15) is 29.3 Å². The first-order valence-electron chi connectivity index (χ1n) is 15.6. The zero-order valence-electron chi connectivity index (χ0n) is 28.1. The van der Waals surface area contributed by atoms with E-state index < -0.39 is 65.5 Å². The molecule has 2 aromatic rings. The summed E-state index contributed by atoms with van der Waals surface area (Å²) in [5, 5.41) is 5.38. The van der Waals surface area contributed by atoms with Crippen LogP contribution < -0.4 is 16.4 Å². The van der Waals surface area contributed by atoms with Crippen LogP contribution in [0.5, 0.6) is 0 Å². The van der Waals surface area contributed by atoms with Gasteiger partial charge in [-0.05, 0) is 71.9 Å². The second kappa shape index (κ2) is 14.8. The van der Waals surface area contributed by atoms with Gasteiger partial charge >= 0.3 is 12.1 Å². The Labute approximate surface area is 271 Å². The molecule has 5 unspecified atom stereocenters. The number of alkyl carbamates (subject to hydrolysis) is 1. The highest BCUT2D eigenvalue weighted by Gasteiger charge is 2.49. The Morgan fingerprint density at radius 1 is 0.891 bits per heavy atom. The fourth-order valence-corrected chi connectivity index (χ4v) is 5.15. The van der Waals surface area contributed by atoms with Crippen molar-refractivity contribution in [1.29, 1.82) is 0 Å². The topological polar surface area (TPSA) is 157 Å². The summed E-state index contributed by atoms with van der Waals surface area (Å²) in [5.41, 5.74) is 5.99. The lowest BCUT2D eigenvalue weighted by molar-refractivity contribution is -0.159. The monoisotopic (exact) mass is 636 g/mol. The lowest BCUT2D eigenvalue weighted by Gasteiger charge is -2.35. The lowest BCUT2D eigenvalue weighted by Crippen LogP contribution is -2.56. The average Bonchev–Trinajstić information content (AvgIpc) is 3.64. The van der Waals surface area contributed by atoms with Gasteiger partial charge in [0.15, 0.2) is 0 Å². The number of nitrogens with two attached hydrogens (primary N) is 1. The van der Waals surface area contributed by atoms with E-state index in [1.165, 1.54) is 4.90 Å². The number of nitrogens with zero attached hydrogens (tertiary/aromatic N) is 1. The van der Waals surface area contributed by atoms with E-state index in [9.17, 15) is 24.0 Å². The van der Waals surface area contributed by atoms with Gasteiger partial charge in [-0.15, -0.1) is 0 Å². The molecule has 11 heteroatoms. The molecule has 0 heterocycles. The smallest absolute Gasteiger partial charge is 0.408 e. The lowest BCUT2D eigenvalue weighted by atomic mass is 9.98. The molecule has 0 aromatic heterocycles. The molecular formula is C35H48N4O7. The first kappa shape index (κ1) is 36.1. The largest absolute Gasteiger partial charge is 0.458 e. The first-order chi connectivity index (χ1) is 21.3. The first-order valence-corrected chi connectivity index (χ1v) is 15.6. The molecule has 2 aromatic carbocycles. The van der Waals surface area contributed by atoms with Crippen LogP contribution in [-0.2, 0) is 35.1 Å². The number of carbonyl (C=O) groups excluding carboxylic acids is 5. The number of carbonyl (C=O) groups is 5. The Morgan fingerprint density at radius 2 is 1.50 bits per heavy atom. The highest BCUT2D eigenvalue weighted by molar-refractivity contribution is 5.96. The Balaban J connectivity index is 2.07. The van der Waals surface area contributed by atoms with Crippen LogP contribution in [0.2, 0.25) is 0 Å². The van der Waals surface area contributed by atoms with E-state index in [0.29, 0.717) is 12.0 Å². The van der Waals surface area contributed by atoms with Crippen molar-refractivity contribution in [3.63, 3.8) is 0 Å². The molecule has 4 amide bonds. The van der Waals surface area contributed by atoms with Gasteiger partial charge in [-0.3, -0.25) is 14.4 Å². The minimum Gasteiger partial charge on any atom is -0.458 e. The van der Waals surface area contributed by atoms with E-state index in [-0.39, 0.29) is 18.4 Å². The second-order valence-electron chi connectivity index (χ2n) is 14.0. The molecule has 1 saturated carbocycles. The summed E-state index contributed by atoms with van der Waals surface area (Å²) in [6, 6.07) is 12.3. The number of esters is 1. The third-order valence-corrected chi connectivity index (χ3v) is 7.25. The molecule has 1 fully saturated rings. The van der Waals surface area contributed by atoms with E-state index in [1.54, 1.807) is 59.7 Å². The van der Waals surface area contributed by atoms with Gasteiger partial charge in [0.2, 0.25) is 17.7 Å². The van der Waals surface area contributed by atoms with Crippen LogP contribution in [0.25, 0.3) is 0 Å². The summed E-state index contributed by atoms with van der Waals surface area (Å²) in [4.78, 5) is 68.6. The molecule has 3 rings (SSSR count). The molecular weight excluding hydrogens is 588 g/mol. The van der Waals surface area contributed by atoms with E-state index >= 15 is 0 Å². The number of hydrogen-bond donors (Lipinski definition) is 3. The molecule has 0 aliphatic heterocycles. The van der Waals surface area contributed by atoms with E-state index in [4.69, 9.17) is 15.2 Å². The maximum Gasteiger partial charge on any atom is 0.408 e. The van der Waals surface area contributed by atoms with Crippen LogP contribution in [0, 0.1) is 12.8 Å². The van der Waals surface area contributed by atoms with E-state index in [1.807, 2.05) is 50.2 Å². The van der Waals surface area contributed by atoms with Crippen LogP contribution in [-0.4, -0.2) is 64.0 Å². The molecule has 250 valence electrons. The maximum atomic E-state index is 14.4. The van der Waals surface area contributed by atoms with Crippen molar-refractivity contribution in [3.05, 3.63) is 71.3 Å². The molecule has 46 heavy (non-hydrogen) atoms. The standard InChI is InChI=1S/C35H48N4O7/c1-21-13-12-16-24(17-21)29(30(41)37-26(32(43)45-34(3,4)5)19-23-14-10-9-11-15-23)39(27-18-22(27)2)31(42)25(20-28(36)40)38-33(44)46-35(6,7)8/h9-17,22,25-27,29H,18-20H2,1-8H3,(H2,36,40)(H,37,41)(H,38,44). The minimum atomic E-state index is -1.40. The summed E-state index contributed by atoms with van der Waals surface area (Å²) < 4.78 is 11.0. The SMILES string of the molecule is Cc1cccc(C(C(=O)NC(Cc2ccccc2)C(=O)OC(C)(C)C)N(C(=O)C(CC(N)=O)NC(=O)OC(C)(C)C)C2CC2C)c1. The van der Waals surface area contributed by atoms with Crippen LogP contribution in [0.3, 0.4) is 0 Å². The predicted molar refractivity (Wildman–Crippen MR) is 173 cm³/mol. The van der Waals surface area contributed by atoms with Crippen LogP contribution in [0.15, 0.2) is 54.6 Å². The molecule has 0 radical (unpaired) electrons. The average molecular weight is 637 g/mol. The quantitative estimate of drug-likeness (QED) is 0.296. The van der Waals surface area contributed by atoms with Gasteiger partial charge in [0.05, 0.1) is 6.42 Å². The van der Waals surface area contributed by atoms with Crippen molar-refractivity contribution in [1.82, 2.24) is 15.5 Å². The molecule has 0 saturated heterocycles. The zero-order chi connectivity index (χ0) is 34.4. The Bertz CT molecular complexity index is 1410. The van der Waals surface area contributed by atoms with Crippen LogP contribution >= 0.6 is 0 Å². The zero-order valence-corrected chi connectivity index (χ0v) is 28.1. The number of hydrogen-bond acceptors (Lipinski definition) is 7. The summed E-state index contributed by atoms with van der Waals surface area (Å²) in [5.74, 6) is -2.69. The molecule has 4 N–H and O–H groups in total. The van der Waals surface area contributed by atoms with Crippen molar-refractivity contribution < 1.29 is 33.4 Å². The van der Waals surface area contributed by atoms with Gasteiger partial charge in [-0.2, -0.15) is 0 Å². The van der Waals surface area contributed by atoms with E-state index in [2.05, 4.69) is 10.6 Å². The highest BCUT2D eigenvalue weighted by Crippen LogP contribution is 2.41. The van der Waals surface area contributed by atoms with Gasteiger partial charge in [-0.1, -0.05) is 67.1 Å². The molecule has 0 bridgehead atoms. The predicted octanol–water partition coefficient (Wildman–Crippen LogP) is 4.11. The number of primary amides is 1. The number of benzene rings is 2. The summed E-state index contributed by atoms with van der Waals surface area (Å²) in [7, 11) is 0. The summed E-state index contributed by atoms with van der Waals surface area (Å²) >= 11 is 0. The molecule has 5 atom stereocenters. The third kappa shape index (κ3) is 10.9. The van der Waals surface area contributed by atoms with Crippen molar-refractivity contribution in [2.24, 2.45) is 11.7 Å². The van der Waals surface area contributed by atoms with E-state index in [0.717, 1.165) is 11.1 Å². The molecule has 1 aliphatic carbocycles. The fraction of sp³-hybridized carbons (Fsp3) is 0.514. The third-order valence-electron chi connectivity index (χ3n) is 7.25. The minimum absolute atomic E-state index is 0.0331. The van der Waals surface area contributed by atoms with Crippen molar-refractivity contribution in [2.45, 2.75) is 110 Å². The number of aryl methyl sites for hydroxylation is 1. The van der Waals surface area contributed by atoms with Gasteiger partial charge in [0, 0.05) is 12.5 Å². The Hall–Kier alpha value is -4.41. The normalized spacial score (nSPS) is 17.9. The summed E-state index contributed by atoms with van der Waals surface area (Å²) in [6.07, 6.45) is -0.663. The van der Waals surface area contributed by atoms with Gasteiger partial charge in [0.25, 0.3) is 0 Å². The van der Waals surface area contributed by atoms with Crippen LogP contribution in [0.1, 0.15) is 84.0 Å². The van der Waals surface area contributed by atoms with Gasteiger partial charge < -0.3 is 30.7 Å². The van der Waals surface area contributed by atoms with Crippen molar-refractivity contribution >= 4 is 29.8 Å². The molecule has 11 nitrogen and oxygen atoms in total. The molecule has 1 aliphatic rings. The van der Waals surface area contributed by atoms with Crippen molar-refractivity contribution in [2.75, 3.05) is 0 Å². The number of rotatable bonds is 12. The number of nitrogens with one attached hydrogen (secondary N) is 2. The Kier molecular flexibility index (Phi) is 11.6. The second-order valence-corrected chi connectivity index (χ2v) is 14.0.